The average molecular weight is 234 g/mol. The van der Waals surface area contributed by atoms with Gasteiger partial charge in [-0.2, -0.15) is 0 Å². The number of carbonyl (C=O) groups is 1. The Morgan fingerprint density at radius 1 is 1.53 bits per heavy atom. The Kier molecular flexibility index (Phi) is 3.64. The van der Waals surface area contributed by atoms with E-state index in [9.17, 15) is 9.90 Å². The first kappa shape index (κ1) is 11.9. The number of hydrogen-bond donors (Lipinski definition) is 2. The highest BCUT2D eigenvalue weighted by Crippen LogP contribution is 2.16. The van der Waals surface area contributed by atoms with Crippen LogP contribution in [-0.4, -0.2) is 42.2 Å². The van der Waals surface area contributed by atoms with Crippen molar-refractivity contribution >= 4 is 11.6 Å². The van der Waals surface area contributed by atoms with E-state index in [0.29, 0.717) is 12.1 Å². The van der Waals surface area contributed by atoms with Crippen LogP contribution in [0, 0.1) is 0 Å². The Balaban J connectivity index is 2.12. The summed E-state index contributed by atoms with van der Waals surface area (Å²) < 4.78 is 0. The minimum absolute atomic E-state index is 0.000787. The van der Waals surface area contributed by atoms with E-state index in [2.05, 4.69) is 5.32 Å². The van der Waals surface area contributed by atoms with Crippen LogP contribution < -0.4 is 5.32 Å². The van der Waals surface area contributed by atoms with Crippen molar-refractivity contribution in [3.8, 4) is 0 Å². The van der Waals surface area contributed by atoms with Crippen molar-refractivity contribution in [3.63, 3.8) is 0 Å². The monoisotopic (exact) mass is 234 g/mol. The molecule has 4 nitrogen and oxygen atoms in total. The van der Waals surface area contributed by atoms with Gasteiger partial charge in [-0.3, -0.25) is 4.79 Å². The SMILES string of the molecule is CNc1cccc(C(=O)N2CCCC(O)C2)c1. The molecule has 92 valence electrons. The number of β-amino-alcohol motifs (C(OH)–C–C–N with tert-alkyl or cyclic N) is 1. The maximum absolute atomic E-state index is 12.2. The molecule has 0 radical (unpaired) electrons. The molecular weight excluding hydrogens is 216 g/mol. The average Bonchev–Trinajstić information content (AvgIpc) is 2.38. The molecule has 2 N–H and O–H groups in total. The minimum Gasteiger partial charge on any atom is -0.391 e. The van der Waals surface area contributed by atoms with E-state index in [1.165, 1.54) is 0 Å². The topological polar surface area (TPSA) is 52.6 Å². The van der Waals surface area contributed by atoms with Gasteiger partial charge in [-0.15, -0.1) is 0 Å². The number of rotatable bonds is 2. The van der Waals surface area contributed by atoms with Crippen LogP contribution in [0.15, 0.2) is 24.3 Å². The molecule has 1 heterocycles. The number of benzene rings is 1. The second-order valence-corrected chi connectivity index (χ2v) is 4.38. The molecule has 1 aliphatic heterocycles. The van der Waals surface area contributed by atoms with Crippen LogP contribution in [0.4, 0.5) is 5.69 Å². The molecule has 1 aliphatic rings. The summed E-state index contributed by atoms with van der Waals surface area (Å²) in [5, 5.41) is 12.6. The lowest BCUT2D eigenvalue weighted by Crippen LogP contribution is -2.42. The minimum atomic E-state index is -0.375. The van der Waals surface area contributed by atoms with E-state index in [1.54, 1.807) is 4.90 Å². The second kappa shape index (κ2) is 5.19. The second-order valence-electron chi connectivity index (χ2n) is 4.38. The molecule has 2 rings (SSSR count). The lowest BCUT2D eigenvalue weighted by molar-refractivity contribution is 0.0474. The molecule has 0 aromatic heterocycles. The van der Waals surface area contributed by atoms with Crippen LogP contribution in [0.1, 0.15) is 23.2 Å². The van der Waals surface area contributed by atoms with Crippen LogP contribution in [0.5, 0.6) is 0 Å². The molecule has 0 bridgehead atoms. The zero-order valence-corrected chi connectivity index (χ0v) is 10.0. The van der Waals surface area contributed by atoms with Gasteiger partial charge in [0.2, 0.25) is 0 Å². The van der Waals surface area contributed by atoms with E-state index in [1.807, 2.05) is 31.3 Å². The standard InChI is InChI=1S/C13H18N2O2/c1-14-11-5-2-4-10(8-11)13(17)15-7-3-6-12(16)9-15/h2,4-5,8,12,14,16H,3,6-7,9H2,1H3. The van der Waals surface area contributed by atoms with Gasteiger partial charge in [0.25, 0.3) is 5.91 Å². The van der Waals surface area contributed by atoms with Gasteiger partial charge in [0.1, 0.15) is 0 Å². The molecule has 1 fully saturated rings. The van der Waals surface area contributed by atoms with Crippen molar-refractivity contribution in [2.24, 2.45) is 0 Å². The van der Waals surface area contributed by atoms with Crippen LogP contribution >= 0.6 is 0 Å². The lowest BCUT2D eigenvalue weighted by Gasteiger charge is -2.30. The van der Waals surface area contributed by atoms with Gasteiger partial charge < -0.3 is 15.3 Å². The summed E-state index contributed by atoms with van der Waals surface area (Å²) in [5.74, 6) is 0.000787. The number of aliphatic hydroxyl groups is 1. The van der Waals surface area contributed by atoms with Crippen LogP contribution in [-0.2, 0) is 0 Å². The number of anilines is 1. The Labute approximate surface area is 101 Å². The van der Waals surface area contributed by atoms with E-state index in [0.717, 1.165) is 25.1 Å². The molecule has 1 aromatic carbocycles. The fourth-order valence-electron chi connectivity index (χ4n) is 2.13. The van der Waals surface area contributed by atoms with Crippen molar-refractivity contribution in [1.82, 2.24) is 4.90 Å². The number of hydrogen-bond acceptors (Lipinski definition) is 3. The van der Waals surface area contributed by atoms with Gasteiger partial charge in [-0.1, -0.05) is 6.07 Å². The van der Waals surface area contributed by atoms with E-state index >= 15 is 0 Å². The fourth-order valence-corrected chi connectivity index (χ4v) is 2.13. The fraction of sp³-hybridized carbons (Fsp3) is 0.462. The largest absolute Gasteiger partial charge is 0.391 e. The Bertz CT molecular complexity index is 406. The number of amides is 1. The number of nitrogens with zero attached hydrogens (tertiary/aromatic N) is 1. The Morgan fingerprint density at radius 3 is 3.06 bits per heavy atom. The third kappa shape index (κ3) is 2.77. The van der Waals surface area contributed by atoms with Gasteiger partial charge in [0.15, 0.2) is 0 Å². The molecule has 1 unspecified atom stereocenters. The summed E-state index contributed by atoms with van der Waals surface area (Å²) in [7, 11) is 1.83. The van der Waals surface area contributed by atoms with Crippen LogP contribution in [0.25, 0.3) is 0 Å². The summed E-state index contributed by atoms with van der Waals surface area (Å²) >= 11 is 0. The van der Waals surface area contributed by atoms with Crippen molar-refractivity contribution in [1.29, 1.82) is 0 Å². The molecular formula is C13H18N2O2. The number of carbonyl (C=O) groups excluding carboxylic acids is 1. The zero-order valence-electron chi connectivity index (χ0n) is 10.0. The summed E-state index contributed by atoms with van der Waals surface area (Å²) in [6.07, 6.45) is 1.29. The van der Waals surface area contributed by atoms with Crippen molar-refractivity contribution in [2.75, 3.05) is 25.5 Å². The third-order valence-corrected chi connectivity index (χ3v) is 3.08. The number of nitrogens with one attached hydrogen (secondary N) is 1. The number of piperidine rings is 1. The summed E-state index contributed by atoms with van der Waals surface area (Å²) in [6.45, 7) is 1.18. The first-order valence-corrected chi connectivity index (χ1v) is 5.96. The lowest BCUT2D eigenvalue weighted by atomic mass is 10.1. The van der Waals surface area contributed by atoms with Crippen LogP contribution in [0.2, 0.25) is 0 Å². The molecule has 1 saturated heterocycles. The molecule has 1 amide bonds. The van der Waals surface area contributed by atoms with Gasteiger partial charge in [0, 0.05) is 31.4 Å². The van der Waals surface area contributed by atoms with E-state index in [4.69, 9.17) is 0 Å². The Hall–Kier alpha value is -1.55. The van der Waals surface area contributed by atoms with E-state index < -0.39 is 0 Å². The zero-order chi connectivity index (χ0) is 12.3. The van der Waals surface area contributed by atoms with Gasteiger partial charge in [-0.25, -0.2) is 0 Å². The first-order chi connectivity index (χ1) is 8.20. The van der Waals surface area contributed by atoms with Gasteiger partial charge >= 0.3 is 0 Å². The van der Waals surface area contributed by atoms with Crippen LogP contribution in [0.3, 0.4) is 0 Å². The highest BCUT2D eigenvalue weighted by atomic mass is 16.3. The summed E-state index contributed by atoms with van der Waals surface area (Å²) in [4.78, 5) is 13.9. The predicted molar refractivity (Wildman–Crippen MR) is 67.1 cm³/mol. The van der Waals surface area contributed by atoms with Gasteiger partial charge in [-0.05, 0) is 31.0 Å². The number of aliphatic hydroxyl groups excluding tert-OH is 1. The van der Waals surface area contributed by atoms with Crippen molar-refractivity contribution in [2.45, 2.75) is 18.9 Å². The highest BCUT2D eigenvalue weighted by Gasteiger charge is 2.22. The Morgan fingerprint density at radius 2 is 2.35 bits per heavy atom. The third-order valence-electron chi connectivity index (χ3n) is 3.08. The maximum Gasteiger partial charge on any atom is 0.254 e. The predicted octanol–water partition coefficient (Wildman–Crippen LogP) is 1.33. The molecule has 1 atom stereocenters. The normalized spacial score (nSPS) is 20.1. The highest BCUT2D eigenvalue weighted by molar-refractivity contribution is 5.95. The summed E-state index contributed by atoms with van der Waals surface area (Å²) in [6, 6.07) is 7.43. The maximum atomic E-state index is 12.2. The molecule has 0 spiro atoms. The smallest absolute Gasteiger partial charge is 0.254 e. The van der Waals surface area contributed by atoms with E-state index in [-0.39, 0.29) is 12.0 Å². The number of likely N-dealkylation sites (tertiary alicyclic amines) is 1. The summed E-state index contributed by atoms with van der Waals surface area (Å²) in [5.41, 5.74) is 1.60. The quantitative estimate of drug-likeness (QED) is 0.811. The van der Waals surface area contributed by atoms with Gasteiger partial charge in [0.05, 0.1) is 6.10 Å². The van der Waals surface area contributed by atoms with Crippen molar-refractivity contribution in [3.05, 3.63) is 29.8 Å². The first-order valence-electron chi connectivity index (χ1n) is 5.96. The van der Waals surface area contributed by atoms with Crippen molar-refractivity contribution < 1.29 is 9.90 Å². The molecule has 0 saturated carbocycles. The molecule has 4 heteroatoms. The molecule has 0 aliphatic carbocycles. The molecule has 1 aromatic rings. The molecule has 17 heavy (non-hydrogen) atoms.